The van der Waals surface area contributed by atoms with E-state index in [1.807, 2.05) is 52.7 Å². The van der Waals surface area contributed by atoms with Crippen LogP contribution in [-0.2, 0) is 6.54 Å². The van der Waals surface area contributed by atoms with Gasteiger partial charge in [-0.1, -0.05) is 30.3 Å². The van der Waals surface area contributed by atoms with Crippen LogP contribution >= 0.6 is 11.3 Å². The fourth-order valence-electron chi connectivity index (χ4n) is 2.67. The van der Waals surface area contributed by atoms with Crippen LogP contribution in [0.15, 0.2) is 72.6 Å². The van der Waals surface area contributed by atoms with E-state index < -0.39 is 0 Å². The average molecular weight is 369 g/mol. The van der Waals surface area contributed by atoms with Crippen LogP contribution in [0.4, 0.5) is 0 Å². The SMILES string of the molecule is N#CC(=Cc1cnn(Cc2ccccc2)c1)c1nc(-c2ccncc2)cs1. The molecular weight excluding hydrogens is 354 g/mol. The second kappa shape index (κ2) is 7.77. The number of hydrogen-bond donors (Lipinski definition) is 0. The van der Waals surface area contributed by atoms with E-state index in [4.69, 9.17) is 0 Å². The van der Waals surface area contributed by atoms with Gasteiger partial charge in [0, 0.05) is 35.1 Å². The van der Waals surface area contributed by atoms with Crippen molar-refractivity contribution in [1.82, 2.24) is 19.7 Å². The van der Waals surface area contributed by atoms with Crippen molar-refractivity contribution in [2.75, 3.05) is 0 Å². The Hall–Kier alpha value is -3.56. The van der Waals surface area contributed by atoms with Gasteiger partial charge in [0.05, 0.1) is 24.0 Å². The van der Waals surface area contributed by atoms with Gasteiger partial charge in [0.1, 0.15) is 11.1 Å². The van der Waals surface area contributed by atoms with Crippen LogP contribution in [0.25, 0.3) is 22.9 Å². The molecule has 27 heavy (non-hydrogen) atoms. The summed E-state index contributed by atoms with van der Waals surface area (Å²) in [5.74, 6) is 0. The van der Waals surface area contributed by atoms with Crippen molar-refractivity contribution < 1.29 is 0 Å². The summed E-state index contributed by atoms with van der Waals surface area (Å²) in [5.41, 5.74) is 4.42. The van der Waals surface area contributed by atoms with Gasteiger partial charge in [-0.15, -0.1) is 11.3 Å². The molecule has 4 aromatic rings. The second-order valence-electron chi connectivity index (χ2n) is 5.90. The molecule has 6 heteroatoms. The summed E-state index contributed by atoms with van der Waals surface area (Å²) in [4.78, 5) is 8.61. The highest BCUT2D eigenvalue weighted by Gasteiger charge is 2.09. The third kappa shape index (κ3) is 4.00. The molecule has 3 aromatic heterocycles. The summed E-state index contributed by atoms with van der Waals surface area (Å²) < 4.78 is 1.86. The molecule has 0 saturated carbocycles. The minimum absolute atomic E-state index is 0.527. The molecule has 0 spiro atoms. The quantitative estimate of drug-likeness (QED) is 0.485. The Labute approximate surface area is 160 Å². The summed E-state index contributed by atoms with van der Waals surface area (Å²) in [6.45, 7) is 0.694. The zero-order chi connectivity index (χ0) is 18.5. The molecule has 0 N–H and O–H groups in total. The van der Waals surface area contributed by atoms with Crippen LogP contribution < -0.4 is 0 Å². The lowest BCUT2D eigenvalue weighted by atomic mass is 10.2. The molecule has 0 aliphatic heterocycles. The Morgan fingerprint density at radius 3 is 2.74 bits per heavy atom. The lowest BCUT2D eigenvalue weighted by Gasteiger charge is -2.00. The van der Waals surface area contributed by atoms with Crippen molar-refractivity contribution >= 4 is 23.0 Å². The van der Waals surface area contributed by atoms with E-state index in [9.17, 15) is 5.26 Å². The standard InChI is InChI=1S/C21H15N5S/c22-11-19(21-25-20(15-27-21)18-6-8-23-9-7-18)10-17-12-24-26(14-17)13-16-4-2-1-3-5-16/h1-10,12,14-15H,13H2. The first kappa shape index (κ1) is 16.9. The zero-order valence-corrected chi connectivity index (χ0v) is 15.2. The number of allylic oxidation sites excluding steroid dienone is 1. The lowest BCUT2D eigenvalue weighted by Crippen LogP contribution is -1.99. The lowest BCUT2D eigenvalue weighted by molar-refractivity contribution is 0.687. The van der Waals surface area contributed by atoms with Gasteiger partial charge in [-0.3, -0.25) is 9.67 Å². The highest BCUT2D eigenvalue weighted by atomic mass is 32.1. The number of benzene rings is 1. The van der Waals surface area contributed by atoms with Gasteiger partial charge in [0.2, 0.25) is 0 Å². The number of nitrogens with zero attached hydrogens (tertiary/aromatic N) is 5. The van der Waals surface area contributed by atoms with Crippen molar-refractivity contribution in [2.24, 2.45) is 0 Å². The van der Waals surface area contributed by atoms with Gasteiger partial charge in [0.15, 0.2) is 0 Å². The summed E-state index contributed by atoms with van der Waals surface area (Å²) >= 11 is 1.46. The highest BCUT2D eigenvalue weighted by molar-refractivity contribution is 7.11. The number of hydrogen-bond acceptors (Lipinski definition) is 5. The largest absolute Gasteiger partial charge is 0.268 e. The van der Waals surface area contributed by atoms with E-state index in [-0.39, 0.29) is 0 Å². The second-order valence-corrected chi connectivity index (χ2v) is 6.76. The first-order valence-electron chi connectivity index (χ1n) is 8.36. The summed E-state index contributed by atoms with van der Waals surface area (Å²) in [7, 11) is 0. The smallest absolute Gasteiger partial charge is 0.134 e. The molecule has 0 fully saturated rings. The Bertz CT molecular complexity index is 1100. The fraction of sp³-hybridized carbons (Fsp3) is 0.0476. The van der Waals surface area contributed by atoms with Crippen molar-refractivity contribution in [3.05, 3.63) is 88.8 Å². The zero-order valence-electron chi connectivity index (χ0n) is 14.4. The van der Waals surface area contributed by atoms with Crippen LogP contribution in [0.1, 0.15) is 16.1 Å². The molecule has 5 nitrogen and oxygen atoms in total. The Morgan fingerprint density at radius 1 is 1.15 bits per heavy atom. The maximum Gasteiger partial charge on any atom is 0.134 e. The summed E-state index contributed by atoms with van der Waals surface area (Å²) in [6.07, 6.45) is 8.98. The molecule has 130 valence electrons. The molecule has 0 radical (unpaired) electrons. The Kier molecular flexibility index (Phi) is 4.86. The highest BCUT2D eigenvalue weighted by Crippen LogP contribution is 2.26. The topological polar surface area (TPSA) is 67.4 Å². The number of pyridine rings is 1. The molecule has 3 heterocycles. The van der Waals surface area contributed by atoms with E-state index in [1.165, 1.54) is 16.9 Å². The van der Waals surface area contributed by atoms with Gasteiger partial charge < -0.3 is 0 Å². The molecule has 1 aromatic carbocycles. The predicted molar refractivity (Wildman–Crippen MR) is 107 cm³/mol. The third-order valence-corrected chi connectivity index (χ3v) is 4.86. The molecule has 0 amide bonds. The minimum Gasteiger partial charge on any atom is -0.268 e. The van der Waals surface area contributed by atoms with Gasteiger partial charge in [-0.05, 0) is 23.8 Å². The van der Waals surface area contributed by atoms with Crippen LogP contribution in [-0.4, -0.2) is 19.7 Å². The van der Waals surface area contributed by atoms with Crippen LogP contribution in [0, 0.1) is 11.3 Å². The number of aromatic nitrogens is 4. The van der Waals surface area contributed by atoms with Crippen molar-refractivity contribution in [3.8, 4) is 17.3 Å². The van der Waals surface area contributed by atoms with Gasteiger partial charge >= 0.3 is 0 Å². The number of nitriles is 1. The Balaban J connectivity index is 1.56. The maximum atomic E-state index is 9.57. The summed E-state index contributed by atoms with van der Waals surface area (Å²) in [5, 5.41) is 16.6. The van der Waals surface area contributed by atoms with E-state index in [0.29, 0.717) is 17.1 Å². The van der Waals surface area contributed by atoms with E-state index in [2.05, 4.69) is 33.3 Å². The van der Waals surface area contributed by atoms with Crippen LogP contribution in [0.5, 0.6) is 0 Å². The van der Waals surface area contributed by atoms with Crippen molar-refractivity contribution in [2.45, 2.75) is 6.54 Å². The van der Waals surface area contributed by atoms with Crippen LogP contribution in [0.3, 0.4) is 0 Å². The summed E-state index contributed by atoms with van der Waals surface area (Å²) in [6, 6.07) is 16.2. The van der Waals surface area contributed by atoms with E-state index in [1.54, 1.807) is 18.6 Å². The fourth-order valence-corrected chi connectivity index (χ4v) is 3.47. The Morgan fingerprint density at radius 2 is 1.96 bits per heavy atom. The molecular formula is C21H15N5S. The number of thiazole rings is 1. The van der Waals surface area contributed by atoms with E-state index in [0.717, 1.165) is 16.8 Å². The normalized spacial score (nSPS) is 11.3. The first-order chi connectivity index (χ1) is 13.3. The molecule has 0 saturated heterocycles. The number of rotatable bonds is 5. The molecule has 0 aliphatic carbocycles. The predicted octanol–water partition coefficient (Wildman–Crippen LogP) is 4.51. The molecule has 0 aliphatic rings. The minimum atomic E-state index is 0.527. The third-order valence-electron chi connectivity index (χ3n) is 3.98. The van der Waals surface area contributed by atoms with Gasteiger partial charge in [-0.2, -0.15) is 10.4 Å². The molecule has 4 rings (SSSR count). The average Bonchev–Trinajstić information content (AvgIpc) is 3.37. The van der Waals surface area contributed by atoms with Crippen molar-refractivity contribution in [1.29, 1.82) is 5.26 Å². The monoisotopic (exact) mass is 369 g/mol. The molecule has 0 atom stereocenters. The van der Waals surface area contributed by atoms with Gasteiger partial charge in [0.25, 0.3) is 0 Å². The van der Waals surface area contributed by atoms with Crippen molar-refractivity contribution in [3.63, 3.8) is 0 Å². The maximum absolute atomic E-state index is 9.57. The first-order valence-corrected chi connectivity index (χ1v) is 9.24. The van der Waals surface area contributed by atoms with Gasteiger partial charge in [-0.25, -0.2) is 4.98 Å². The molecule has 0 unspecified atom stereocenters. The molecule has 0 bridgehead atoms. The van der Waals surface area contributed by atoms with Crippen LogP contribution in [0.2, 0.25) is 0 Å². The van der Waals surface area contributed by atoms with E-state index >= 15 is 0 Å².